The van der Waals surface area contributed by atoms with Gasteiger partial charge in [-0.2, -0.15) is 0 Å². The molecule has 0 bridgehead atoms. The van der Waals surface area contributed by atoms with Crippen molar-refractivity contribution < 1.29 is 17.9 Å². The van der Waals surface area contributed by atoms with Crippen LogP contribution in [0.1, 0.15) is 5.56 Å². The molecule has 3 rings (SSSR count). The first-order valence-corrected chi connectivity index (χ1v) is 7.26. The van der Waals surface area contributed by atoms with Crippen molar-refractivity contribution in [3.63, 3.8) is 0 Å². The van der Waals surface area contributed by atoms with Crippen LogP contribution in [-0.2, 0) is 6.18 Å². The number of methoxy groups -OCH3 is 1. The van der Waals surface area contributed by atoms with Crippen LogP contribution in [0.5, 0.6) is 5.75 Å². The number of alkyl halides is 3. The molecule has 0 amide bonds. The summed E-state index contributed by atoms with van der Waals surface area (Å²) < 4.78 is 45.1. The van der Waals surface area contributed by atoms with E-state index < -0.39 is 11.7 Å². The van der Waals surface area contributed by atoms with Gasteiger partial charge in [-0.25, -0.2) is 0 Å². The third-order valence-corrected chi connectivity index (χ3v) is 3.91. The first kappa shape index (κ1) is 15.0. The van der Waals surface area contributed by atoms with Gasteiger partial charge in [0.25, 0.3) is 0 Å². The Hall–Kier alpha value is -1.94. The van der Waals surface area contributed by atoms with E-state index in [1.165, 1.54) is 13.2 Å². The Balaban J connectivity index is 2.21. The molecule has 2 radical (unpaired) electrons. The molecule has 7 heteroatoms. The van der Waals surface area contributed by atoms with Gasteiger partial charge >= 0.3 is 132 Å². The molecule has 3 aromatic rings. The average molecular weight is 366 g/mol. The maximum atomic E-state index is 13.1. The van der Waals surface area contributed by atoms with E-state index in [0.717, 1.165) is 21.3 Å². The maximum absolute atomic E-state index is 13.1. The Morgan fingerprint density at radius 1 is 1.14 bits per heavy atom. The number of aromatic nitrogens is 2. The molecular formula is C15H10AsF3N2O. The number of halogens is 3. The van der Waals surface area contributed by atoms with Gasteiger partial charge in [0, 0.05) is 0 Å². The van der Waals surface area contributed by atoms with E-state index in [-0.39, 0.29) is 5.75 Å². The molecule has 0 aliphatic carbocycles. The number of nitrogens with zero attached hydrogens (tertiary/aromatic N) is 1. The Bertz CT molecular complexity index is 842. The van der Waals surface area contributed by atoms with E-state index in [1.807, 2.05) is 18.2 Å². The van der Waals surface area contributed by atoms with Crippen LogP contribution in [0.15, 0.2) is 36.4 Å². The predicted octanol–water partition coefficient (Wildman–Crippen LogP) is 3.05. The number of ether oxygens (including phenoxy) is 1. The first-order valence-electron chi connectivity index (χ1n) is 6.33. The molecule has 0 aliphatic heterocycles. The van der Waals surface area contributed by atoms with Crippen LogP contribution in [0.2, 0.25) is 0 Å². The average Bonchev–Trinajstić information content (AvgIpc) is 2.88. The van der Waals surface area contributed by atoms with Crippen LogP contribution in [0.3, 0.4) is 0 Å². The fraction of sp³-hybridized carbons (Fsp3) is 0.133. The minimum absolute atomic E-state index is 0.205. The van der Waals surface area contributed by atoms with Gasteiger partial charge in [0.15, 0.2) is 0 Å². The molecule has 0 saturated heterocycles. The molecule has 2 aromatic carbocycles. The van der Waals surface area contributed by atoms with Crippen molar-refractivity contribution >= 4 is 32.1 Å². The number of hydrogen-bond donors (Lipinski definition) is 1. The van der Waals surface area contributed by atoms with E-state index in [1.54, 1.807) is 6.07 Å². The standard InChI is InChI=1S/C15H10AsF3N2O/c1-22-13-5-2-8(6-11(13)15(17,18)19)14-10-7-9(16)3-4-12(10)20-21-14/h2-7H,1H3,(H,20,21). The zero-order chi connectivity index (χ0) is 15.9. The van der Waals surface area contributed by atoms with Crippen molar-refractivity contribution in [1.29, 1.82) is 0 Å². The van der Waals surface area contributed by atoms with E-state index >= 15 is 0 Å². The molecular weight excluding hydrogens is 356 g/mol. The van der Waals surface area contributed by atoms with Gasteiger partial charge in [-0.1, -0.05) is 0 Å². The van der Waals surface area contributed by atoms with Crippen molar-refractivity contribution in [2.24, 2.45) is 0 Å². The monoisotopic (exact) mass is 366 g/mol. The topological polar surface area (TPSA) is 37.9 Å². The van der Waals surface area contributed by atoms with Gasteiger partial charge in [-0.05, 0) is 0 Å². The molecule has 1 aromatic heterocycles. The normalized spacial score (nSPS) is 11.9. The van der Waals surface area contributed by atoms with Gasteiger partial charge in [0.05, 0.1) is 0 Å². The number of benzene rings is 2. The molecule has 1 heterocycles. The van der Waals surface area contributed by atoms with Crippen LogP contribution in [-0.4, -0.2) is 34.2 Å². The van der Waals surface area contributed by atoms with Crippen LogP contribution in [0.25, 0.3) is 22.2 Å². The van der Waals surface area contributed by atoms with Crippen LogP contribution >= 0.6 is 0 Å². The van der Waals surface area contributed by atoms with E-state index in [4.69, 9.17) is 4.74 Å². The van der Waals surface area contributed by atoms with Gasteiger partial charge in [0.1, 0.15) is 0 Å². The quantitative estimate of drug-likeness (QED) is 0.708. The van der Waals surface area contributed by atoms with Crippen LogP contribution in [0.4, 0.5) is 13.2 Å². The number of fused-ring (bicyclic) bond motifs is 1. The fourth-order valence-corrected chi connectivity index (χ4v) is 2.73. The molecule has 0 aliphatic rings. The summed E-state index contributed by atoms with van der Waals surface area (Å²) in [5.74, 6) is -0.205. The first-order chi connectivity index (χ1) is 10.4. The second kappa shape index (κ2) is 5.36. The van der Waals surface area contributed by atoms with Crippen LogP contribution < -0.4 is 9.09 Å². The molecule has 0 unspecified atom stereocenters. The van der Waals surface area contributed by atoms with Crippen molar-refractivity contribution in [3.05, 3.63) is 42.0 Å². The molecule has 1 N–H and O–H groups in total. The number of hydrogen-bond acceptors (Lipinski definition) is 2. The zero-order valence-electron chi connectivity index (χ0n) is 11.4. The second-order valence-corrected chi connectivity index (χ2v) is 5.80. The Morgan fingerprint density at radius 3 is 2.59 bits per heavy atom. The van der Waals surface area contributed by atoms with Crippen molar-refractivity contribution in [2.75, 3.05) is 7.11 Å². The van der Waals surface area contributed by atoms with Crippen molar-refractivity contribution in [2.45, 2.75) is 6.18 Å². The summed E-state index contributed by atoms with van der Waals surface area (Å²) in [5.41, 5.74) is 0.829. The molecule has 3 nitrogen and oxygen atoms in total. The van der Waals surface area contributed by atoms with Crippen molar-refractivity contribution in [3.8, 4) is 17.0 Å². The summed E-state index contributed by atoms with van der Waals surface area (Å²) in [6.07, 6.45) is -4.49. The molecule has 0 spiro atoms. The number of H-pyrrole nitrogens is 1. The molecule has 22 heavy (non-hydrogen) atoms. The summed E-state index contributed by atoms with van der Waals surface area (Å²) in [6.45, 7) is 0. The number of rotatable bonds is 2. The van der Waals surface area contributed by atoms with Gasteiger partial charge in [-0.15, -0.1) is 0 Å². The Labute approximate surface area is 133 Å². The summed E-state index contributed by atoms with van der Waals surface area (Å²) in [4.78, 5) is 0. The minimum atomic E-state index is -4.49. The molecule has 0 atom stereocenters. The van der Waals surface area contributed by atoms with Crippen LogP contribution in [0, 0.1) is 0 Å². The van der Waals surface area contributed by atoms with E-state index in [0.29, 0.717) is 11.3 Å². The fourth-order valence-electron chi connectivity index (χ4n) is 2.30. The number of nitrogens with one attached hydrogen (secondary N) is 1. The summed E-state index contributed by atoms with van der Waals surface area (Å²) in [5, 5.41) is 7.75. The second-order valence-electron chi connectivity index (χ2n) is 4.71. The van der Waals surface area contributed by atoms with Gasteiger partial charge in [-0.3, -0.25) is 0 Å². The SMILES string of the molecule is COc1ccc(-c2n[nH]c3ccc([As])cc23)cc1C(F)(F)F. The van der Waals surface area contributed by atoms with Gasteiger partial charge < -0.3 is 0 Å². The molecule has 0 saturated carbocycles. The summed E-state index contributed by atoms with van der Waals surface area (Å²) >= 11 is 2.40. The van der Waals surface area contributed by atoms with Gasteiger partial charge in [0.2, 0.25) is 0 Å². The Kier molecular flexibility index (Phi) is 3.65. The summed E-state index contributed by atoms with van der Waals surface area (Å²) in [6, 6.07) is 9.54. The molecule has 0 fully saturated rings. The third kappa shape index (κ3) is 2.59. The Morgan fingerprint density at radius 2 is 1.91 bits per heavy atom. The van der Waals surface area contributed by atoms with E-state index in [2.05, 4.69) is 27.1 Å². The number of aromatic amines is 1. The zero-order valence-corrected chi connectivity index (χ0v) is 13.3. The van der Waals surface area contributed by atoms with Crippen molar-refractivity contribution in [1.82, 2.24) is 10.2 Å². The van der Waals surface area contributed by atoms with E-state index in [9.17, 15) is 13.2 Å². The summed E-state index contributed by atoms with van der Waals surface area (Å²) in [7, 11) is 1.22. The molecule has 112 valence electrons. The third-order valence-electron chi connectivity index (χ3n) is 3.32. The predicted molar refractivity (Wildman–Crippen MR) is 78.5 cm³/mol.